The first-order valence-electron chi connectivity index (χ1n) is 10.1. The molecule has 2 rings (SSSR count). The number of Topliss-reactive ketones (excluding diaryl/α,β-unsaturated/α-hetero) is 1. The summed E-state index contributed by atoms with van der Waals surface area (Å²) in [5.74, 6) is -1.73. The minimum atomic E-state index is -1.01. The van der Waals surface area contributed by atoms with E-state index in [0.717, 1.165) is 11.1 Å². The van der Waals surface area contributed by atoms with Crippen LogP contribution in [0, 0.1) is 5.92 Å². The lowest BCUT2D eigenvalue weighted by Gasteiger charge is -2.34. The fourth-order valence-electron chi connectivity index (χ4n) is 3.57. The van der Waals surface area contributed by atoms with Crippen molar-refractivity contribution in [2.45, 2.75) is 84.7 Å². The number of hydrogen-bond acceptors (Lipinski definition) is 6. The van der Waals surface area contributed by atoms with E-state index in [4.69, 9.17) is 14.2 Å². The number of allylic oxidation sites excluding steroid dienone is 2. The number of rotatable bonds is 8. The van der Waals surface area contributed by atoms with E-state index in [9.17, 15) is 14.4 Å². The van der Waals surface area contributed by atoms with E-state index in [2.05, 4.69) is 6.58 Å². The van der Waals surface area contributed by atoms with E-state index in [0.29, 0.717) is 24.8 Å². The summed E-state index contributed by atoms with van der Waals surface area (Å²) in [6, 6.07) is 0. The van der Waals surface area contributed by atoms with Gasteiger partial charge in [-0.3, -0.25) is 9.59 Å². The Bertz CT molecular complexity index is 757. The lowest BCUT2D eigenvalue weighted by atomic mass is 9.74. The number of fused-ring (bicyclic) bond motifs is 1. The number of esters is 2. The highest BCUT2D eigenvalue weighted by molar-refractivity contribution is 5.97. The van der Waals surface area contributed by atoms with Crippen LogP contribution in [-0.2, 0) is 28.6 Å². The van der Waals surface area contributed by atoms with Crippen molar-refractivity contribution in [2.24, 2.45) is 5.92 Å². The molecule has 0 aromatic rings. The van der Waals surface area contributed by atoms with Crippen molar-refractivity contribution in [1.82, 2.24) is 0 Å². The molecule has 6 heteroatoms. The zero-order valence-corrected chi connectivity index (χ0v) is 18.2. The summed E-state index contributed by atoms with van der Waals surface area (Å²) in [5.41, 5.74) is 1.59. The zero-order valence-electron chi connectivity index (χ0n) is 18.2. The standard InChI is InChI=1S/C23H32O6/c1-8-14(4)11-20(25)28-21-17(12-19-23(7,29-19)22(21)26)15(5)18(27-16(6)24)10-9-13(2)3/h9,11,17-19,21H,5,8,10,12H2,1-4,6-7H3/b14-11+/t17-,18?,19-,21-,23-/m1/s1. The third kappa shape index (κ3) is 5.44. The molecule has 0 spiro atoms. The van der Waals surface area contributed by atoms with Gasteiger partial charge < -0.3 is 14.2 Å². The maximum Gasteiger partial charge on any atom is 0.331 e. The highest BCUT2D eigenvalue weighted by Gasteiger charge is 2.66. The Morgan fingerprint density at radius 3 is 2.52 bits per heavy atom. The smallest absolute Gasteiger partial charge is 0.331 e. The van der Waals surface area contributed by atoms with Crippen LogP contribution in [0.15, 0.2) is 35.5 Å². The van der Waals surface area contributed by atoms with E-state index in [1.807, 2.05) is 33.8 Å². The highest BCUT2D eigenvalue weighted by atomic mass is 16.6. The lowest BCUT2D eigenvalue weighted by Crippen LogP contribution is -2.48. The first kappa shape index (κ1) is 23.1. The molecule has 1 saturated heterocycles. The van der Waals surface area contributed by atoms with Crippen molar-refractivity contribution >= 4 is 17.7 Å². The van der Waals surface area contributed by atoms with Gasteiger partial charge in [0.1, 0.15) is 6.10 Å². The molecule has 2 aliphatic rings. The van der Waals surface area contributed by atoms with Gasteiger partial charge in [-0.2, -0.15) is 0 Å². The molecule has 0 N–H and O–H groups in total. The molecule has 5 atom stereocenters. The van der Waals surface area contributed by atoms with Gasteiger partial charge in [-0.1, -0.05) is 30.7 Å². The molecule has 1 heterocycles. The SMILES string of the molecule is C=C(C(CC=C(C)C)OC(C)=O)[C@H]1C[C@H]2O[C@@]2(C)C(=O)[C@@H]1OC(=O)/C=C(\C)CC. The lowest BCUT2D eigenvalue weighted by molar-refractivity contribution is -0.157. The highest BCUT2D eigenvalue weighted by Crippen LogP contribution is 2.50. The Hall–Kier alpha value is -2.21. The van der Waals surface area contributed by atoms with Gasteiger partial charge in [-0.05, 0) is 46.1 Å². The van der Waals surface area contributed by atoms with Crippen molar-refractivity contribution in [3.63, 3.8) is 0 Å². The molecule has 0 bridgehead atoms. The van der Waals surface area contributed by atoms with Gasteiger partial charge in [0.25, 0.3) is 0 Å². The van der Waals surface area contributed by atoms with Gasteiger partial charge in [-0.25, -0.2) is 4.79 Å². The molecule has 1 unspecified atom stereocenters. The molecule has 0 aromatic heterocycles. The summed E-state index contributed by atoms with van der Waals surface area (Å²) in [6.45, 7) is 14.9. The van der Waals surface area contributed by atoms with E-state index < -0.39 is 35.7 Å². The topological polar surface area (TPSA) is 82.2 Å². The number of epoxide rings is 1. The number of carbonyl (C=O) groups excluding carboxylic acids is 3. The summed E-state index contributed by atoms with van der Waals surface area (Å²) < 4.78 is 16.7. The van der Waals surface area contributed by atoms with E-state index in [1.165, 1.54) is 13.0 Å². The van der Waals surface area contributed by atoms with Crippen LogP contribution in [0.4, 0.5) is 0 Å². The number of carbonyl (C=O) groups is 3. The molecule has 0 amide bonds. The number of ketones is 1. The molecule has 1 aliphatic carbocycles. The average Bonchev–Trinajstić information content (AvgIpc) is 3.31. The second kappa shape index (κ2) is 9.08. The van der Waals surface area contributed by atoms with Crippen molar-refractivity contribution in [1.29, 1.82) is 0 Å². The Labute approximate surface area is 173 Å². The van der Waals surface area contributed by atoms with Crippen LogP contribution in [0.2, 0.25) is 0 Å². The molecular formula is C23H32O6. The molecule has 6 nitrogen and oxygen atoms in total. The van der Waals surface area contributed by atoms with Gasteiger partial charge in [0.05, 0.1) is 6.10 Å². The van der Waals surface area contributed by atoms with Gasteiger partial charge in [-0.15, -0.1) is 0 Å². The maximum atomic E-state index is 13.0. The Balaban J connectivity index is 2.28. The van der Waals surface area contributed by atoms with Crippen LogP contribution < -0.4 is 0 Å². The normalized spacial score (nSPS) is 29.4. The summed E-state index contributed by atoms with van der Waals surface area (Å²) in [7, 11) is 0. The predicted molar refractivity (Wildman–Crippen MR) is 109 cm³/mol. The summed E-state index contributed by atoms with van der Waals surface area (Å²) >= 11 is 0. The molecule has 29 heavy (non-hydrogen) atoms. The molecular weight excluding hydrogens is 372 g/mol. The average molecular weight is 405 g/mol. The third-order valence-corrected chi connectivity index (χ3v) is 5.63. The van der Waals surface area contributed by atoms with Crippen LogP contribution in [0.25, 0.3) is 0 Å². The van der Waals surface area contributed by atoms with Gasteiger partial charge in [0.15, 0.2) is 11.7 Å². The zero-order chi connectivity index (χ0) is 21.9. The number of ether oxygens (including phenoxy) is 3. The molecule has 1 saturated carbocycles. The monoisotopic (exact) mass is 404 g/mol. The van der Waals surface area contributed by atoms with Crippen molar-refractivity contribution in [3.05, 3.63) is 35.5 Å². The van der Waals surface area contributed by atoms with Crippen molar-refractivity contribution < 1.29 is 28.6 Å². The van der Waals surface area contributed by atoms with Crippen molar-refractivity contribution in [2.75, 3.05) is 0 Å². The molecule has 2 fully saturated rings. The van der Waals surface area contributed by atoms with Crippen LogP contribution in [0.3, 0.4) is 0 Å². The van der Waals surface area contributed by atoms with Gasteiger partial charge in [0, 0.05) is 25.3 Å². The van der Waals surface area contributed by atoms with Crippen LogP contribution in [-0.4, -0.2) is 41.6 Å². The quantitative estimate of drug-likeness (QED) is 0.265. The molecule has 0 aromatic carbocycles. The molecule has 160 valence electrons. The van der Waals surface area contributed by atoms with Crippen LogP contribution in [0.5, 0.6) is 0 Å². The van der Waals surface area contributed by atoms with Crippen LogP contribution >= 0.6 is 0 Å². The van der Waals surface area contributed by atoms with Gasteiger partial charge >= 0.3 is 11.9 Å². The Morgan fingerprint density at radius 2 is 1.97 bits per heavy atom. The minimum Gasteiger partial charge on any atom is -0.458 e. The van der Waals surface area contributed by atoms with E-state index >= 15 is 0 Å². The number of hydrogen-bond donors (Lipinski definition) is 0. The van der Waals surface area contributed by atoms with Crippen molar-refractivity contribution in [3.8, 4) is 0 Å². The maximum absolute atomic E-state index is 13.0. The minimum absolute atomic E-state index is 0.235. The third-order valence-electron chi connectivity index (χ3n) is 5.63. The first-order valence-corrected chi connectivity index (χ1v) is 10.1. The largest absolute Gasteiger partial charge is 0.458 e. The Kier molecular flexibility index (Phi) is 7.22. The fraction of sp³-hybridized carbons (Fsp3) is 0.609. The molecule has 1 aliphatic heterocycles. The second-order valence-corrected chi connectivity index (χ2v) is 8.31. The summed E-state index contributed by atoms with van der Waals surface area (Å²) in [6.07, 6.45) is 3.16. The first-order chi connectivity index (χ1) is 13.5. The van der Waals surface area contributed by atoms with Gasteiger partial charge in [0.2, 0.25) is 5.78 Å². The van der Waals surface area contributed by atoms with Crippen LogP contribution in [0.1, 0.15) is 60.8 Å². The predicted octanol–water partition coefficient (Wildman–Crippen LogP) is 3.85. The van der Waals surface area contributed by atoms with E-state index in [-0.39, 0.29) is 11.9 Å². The summed E-state index contributed by atoms with van der Waals surface area (Å²) in [4.78, 5) is 37.0. The Morgan fingerprint density at radius 1 is 1.31 bits per heavy atom. The molecule has 0 radical (unpaired) electrons. The summed E-state index contributed by atoms with van der Waals surface area (Å²) in [5, 5.41) is 0. The fourth-order valence-corrected chi connectivity index (χ4v) is 3.57. The second-order valence-electron chi connectivity index (χ2n) is 8.31. The van der Waals surface area contributed by atoms with E-state index in [1.54, 1.807) is 6.92 Å².